The first kappa shape index (κ1) is 24.8. The fourth-order valence-electron chi connectivity index (χ4n) is 1.08. The third-order valence-corrected chi connectivity index (χ3v) is 1.79. The summed E-state index contributed by atoms with van der Waals surface area (Å²) in [5, 5.41) is 18.4. The fourth-order valence-corrected chi connectivity index (χ4v) is 1.08. The molecule has 0 spiro atoms. The third kappa shape index (κ3) is 10.2. The van der Waals surface area contributed by atoms with Crippen LogP contribution in [0, 0.1) is 0 Å². The lowest BCUT2D eigenvalue weighted by Crippen LogP contribution is -2.43. The number of esters is 4. The molecule has 0 aliphatic rings. The molecule has 0 saturated heterocycles. The van der Waals surface area contributed by atoms with Crippen LogP contribution < -0.4 is 0 Å². The SMILES string of the molecule is CC(=O)OC(=O)CC(O)(CC(=O)OC(C)=O)C(=O)O.[AlH3].[AlH3]. The van der Waals surface area contributed by atoms with Crippen LogP contribution >= 0.6 is 0 Å². The van der Waals surface area contributed by atoms with Crippen LogP contribution in [0.15, 0.2) is 0 Å². The number of ether oxygens (including phenoxy) is 2. The number of hydrogen-bond acceptors (Lipinski definition) is 8. The molecule has 0 heterocycles. The van der Waals surface area contributed by atoms with Gasteiger partial charge in [0.05, 0.1) is 12.8 Å². The molecular formula is C10H18Al2O9. The molecule has 0 saturated carbocycles. The van der Waals surface area contributed by atoms with Gasteiger partial charge in [0.25, 0.3) is 0 Å². The first-order valence-electron chi connectivity index (χ1n) is 4.95. The second kappa shape index (κ2) is 10.5. The van der Waals surface area contributed by atoms with E-state index in [4.69, 9.17) is 5.11 Å². The van der Waals surface area contributed by atoms with Crippen LogP contribution in [0.25, 0.3) is 0 Å². The van der Waals surface area contributed by atoms with Gasteiger partial charge in [0.15, 0.2) is 40.3 Å². The summed E-state index contributed by atoms with van der Waals surface area (Å²) >= 11 is 0. The van der Waals surface area contributed by atoms with Crippen LogP contribution in [-0.4, -0.2) is 80.4 Å². The first-order chi connectivity index (χ1) is 8.56. The average molecular weight is 336 g/mol. The van der Waals surface area contributed by atoms with Crippen LogP contribution in [0.4, 0.5) is 0 Å². The smallest absolute Gasteiger partial charge is 0.336 e. The van der Waals surface area contributed by atoms with Crippen molar-refractivity contribution in [3.05, 3.63) is 0 Å². The molecule has 0 amide bonds. The van der Waals surface area contributed by atoms with E-state index in [1.165, 1.54) is 0 Å². The number of carbonyl (C=O) groups is 5. The molecular weight excluding hydrogens is 318 g/mol. The predicted octanol–water partition coefficient (Wildman–Crippen LogP) is -3.61. The zero-order valence-electron chi connectivity index (χ0n) is 10.2. The van der Waals surface area contributed by atoms with Crippen LogP contribution in [0.2, 0.25) is 0 Å². The lowest BCUT2D eigenvalue weighted by molar-refractivity contribution is -0.176. The quantitative estimate of drug-likeness (QED) is 0.295. The summed E-state index contributed by atoms with van der Waals surface area (Å²) in [5.41, 5.74) is -2.82. The predicted molar refractivity (Wildman–Crippen MR) is 75.2 cm³/mol. The van der Waals surface area contributed by atoms with Crippen molar-refractivity contribution in [2.75, 3.05) is 0 Å². The molecule has 0 aromatic carbocycles. The minimum absolute atomic E-state index is 0. The molecule has 0 aliphatic heterocycles. The van der Waals surface area contributed by atoms with Gasteiger partial charge in [-0.25, -0.2) is 4.79 Å². The molecule has 118 valence electrons. The molecule has 0 aromatic rings. The second-order valence-electron chi connectivity index (χ2n) is 3.62. The van der Waals surface area contributed by atoms with Crippen LogP contribution in [-0.2, 0) is 33.4 Å². The molecule has 0 atom stereocenters. The maximum Gasteiger partial charge on any atom is 0.336 e. The molecule has 2 N–H and O–H groups in total. The Morgan fingerprint density at radius 3 is 1.33 bits per heavy atom. The highest BCUT2D eigenvalue weighted by molar-refractivity contribution is 5.93. The summed E-state index contributed by atoms with van der Waals surface area (Å²) in [6.07, 6.45) is -2.29. The number of carboxylic acids is 1. The van der Waals surface area contributed by atoms with Gasteiger partial charge >= 0.3 is 29.8 Å². The van der Waals surface area contributed by atoms with Crippen molar-refractivity contribution in [3.63, 3.8) is 0 Å². The topological polar surface area (TPSA) is 144 Å². The van der Waals surface area contributed by atoms with E-state index in [1.807, 2.05) is 0 Å². The van der Waals surface area contributed by atoms with Crippen molar-refractivity contribution >= 4 is 64.6 Å². The monoisotopic (exact) mass is 336 g/mol. The number of carboxylic acid groups (broad SMARTS) is 1. The summed E-state index contributed by atoms with van der Waals surface area (Å²) in [5.74, 6) is -6.54. The third-order valence-electron chi connectivity index (χ3n) is 1.79. The van der Waals surface area contributed by atoms with Gasteiger partial charge in [0.1, 0.15) is 0 Å². The summed E-state index contributed by atoms with van der Waals surface area (Å²) in [7, 11) is 0. The molecule has 0 aliphatic carbocycles. The molecule has 0 radical (unpaired) electrons. The summed E-state index contributed by atoms with van der Waals surface area (Å²) in [6, 6.07) is 0. The minimum atomic E-state index is -2.82. The van der Waals surface area contributed by atoms with Crippen molar-refractivity contribution < 1.29 is 43.7 Å². The Labute approximate surface area is 140 Å². The molecule has 0 aromatic heterocycles. The van der Waals surface area contributed by atoms with Crippen LogP contribution in [0.1, 0.15) is 26.7 Å². The van der Waals surface area contributed by atoms with Crippen molar-refractivity contribution in [2.24, 2.45) is 0 Å². The molecule has 11 heteroatoms. The number of hydrogen-bond donors (Lipinski definition) is 2. The van der Waals surface area contributed by atoms with E-state index in [2.05, 4.69) is 9.47 Å². The zero-order chi connectivity index (χ0) is 15.2. The normalized spacial score (nSPS) is 9.48. The number of carbonyl (C=O) groups excluding carboxylic acids is 4. The van der Waals surface area contributed by atoms with Gasteiger partial charge in [0, 0.05) is 13.8 Å². The molecule has 9 nitrogen and oxygen atoms in total. The highest BCUT2D eigenvalue weighted by Crippen LogP contribution is 2.18. The van der Waals surface area contributed by atoms with E-state index in [9.17, 15) is 29.1 Å². The van der Waals surface area contributed by atoms with Crippen molar-refractivity contribution in [1.29, 1.82) is 0 Å². The van der Waals surface area contributed by atoms with Crippen LogP contribution in [0.3, 0.4) is 0 Å². The zero-order valence-corrected chi connectivity index (χ0v) is 10.2. The standard InChI is InChI=1S/C10H12O9.2Al.6H/c1-5(11)18-7(13)3-10(17,9(15)16)4-8(14)19-6(2)12;;;;;;;;/h17H,3-4H2,1-2H3,(H,15,16);;;;;;;;. The molecule has 21 heavy (non-hydrogen) atoms. The molecule has 0 unspecified atom stereocenters. The maximum absolute atomic E-state index is 11.1. The van der Waals surface area contributed by atoms with E-state index in [0.29, 0.717) is 0 Å². The van der Waals surface area contributed by atoms with E-state index < -0.39 is 48.3 Å². The van der Waals surface area contributed by atoms with Crippen molar-refractivity contribution in [1.82, 2.24) is 0 Å². The Bertz CT molecular complexity index is 402. The van der Waals surface area contributed by atoms with Crippen molar-refractivity contribution in [2.45, 2.75) is 32.3 Å². The van der Waals surface area contributed by atoms with Gasteiger partial charge in [0.2, 0.25) is 0 Å². The number of aliphatic carboxylic acids is 1. The fraction of sp³-hybridized carbons (Fsp3) is 0.500. The second-order valence-corrected chi connectivity index (χ2v) is 3.62. The van der Waals surface area contributed by atoms with Gasteiger partial charge in [-0.3, -0.25) is 19.2 Å². The Morgan fingerprint density at radius 2 is 1.14 bits per heavy atom. The lowest BCUT2D eigenvalue weighted by Gasteiger charge is -2.20. The minimum Gasteiger partial charge on any atom is -0.479 e. The highest BCUT2D eigenvalue weighted by Gasteiger charge is 2.42. The van der Waals surface area contributed by atoms with E-state index >= 15 is 0 Å². The van der Waals surface area contributed by atoms with Gasteiger partial charge in [-0.1, -0.05) is 0 Å². The molecule has 0 rings (SSSR count). The lowest BCUT2D eigenvalue weighted by atomic mass is 9.96. The Balaban J connectivity index is -0.00000162. The average Bonchev–Trinajstić information content (AvgIpc) is 2.12. The van der Waals surface area contributed by atoms with E-state index in [1.54, 1.807) is 0 Å². The largest absolute Gasteiger partial charge is 0.479 e. The Morgan fingerprint density at radius 1 is 0.857 bits per heavy atom. The van der Waals surface area contributed by atoms with Crippen LogP contribution in [0.5, 0.6) is 0 Å². The maximum atomic E-state index is 11.1. The van der Waals surface area contributed by atoms with E-state index in [-0.39, 0.29) is 34.7 Å². The summed E-state index contributed by atoms with van der Waals surface area (Å²) in [4.78, 5) is 54.0. The number of rotatable bonds is 5. The summed E-state index contributed by atoms with van der Waals surface area (Å²) in [6.45, 7) is 1.81. The first-order valence-corrected chi connectivity index (χ1v) is 4.95. The Kier molecular flexibility index (Phi) is 12.4. The summed E-state index contributed by atoms with van der Waals surface area (Å²) < 4.78 is 8.08. The van der Waals surface area contributed by atoms with Gasteiger partial charge in [-0.2, -0.15) is 0 Å². The van der Waals surface area contributed by atoms with E-state index in [0.717, 1.165) is 13.8 Å². The molecule has 0 fully saturated rings. The Hall–Kier alpha value is -1.23. The number of aliphatic hydroxyl groups is 1. The highest BCUT2D eigenvalue weighted by atomic mass is 27.0. The van der Waals surface area contributed by atoms with Gasteiger partial charge < -0.3 is 19.7 Å². The molecule has 0 bridgehead atoms. The van der Waals surface area contributed by atoms with Gasteiger partial charge in [-0.15, -0.1) is 0 Å². The van der Waals surface area contributed by atoms with Crippen molar-refractivity contribution in [3.8, 4) is 0 Å². The van der Waals surface area contributed by atoms with Gasteiger partial charge in [-0.05, 0) is 0 Å².